The monoisotopic (exact) mass is 827 g/mol. The Morgan fingerprint density at radius 2 is 1.42 bits per heavy atom. The zero-order valence-corrected chi connectivity index (χ0v) is 34.1. The largest absolute Gasteiger partial charge is 0.481 e. The second-order valence-corrected chi connectivity index (χ2v) is 15.5. The molecule has 4 rings (SSSR count). The standard InChI is InChI=1S/C38H57N9O8.C2H4O2/c1-22(2)19-28(34(50)45-29(37(53)47-18-8-13-31(47)38(54)55)20-23-21-42-26-11-4-3-9-24(23)26)44-33(49)27(14-15-32(41)48)43-35(51)30-12-7-17-46(30)36(52)25(40)10-5-6-16-39;1-2(3)4/h3-4,9,11,21-22,25,27-31,42H,5-8,10,12-20,39-40H2,1-2H3,(H2,41,48)(H,43,51)(H,44,49)(H,45,50)(H,54,55);1H3,(H,3,4)/t25-,27-,28-,29-,30-,31-;/m0./s1. The number of aromatic amines is 1. The number of amides is 6. The minimum atomic E-state index is -1.29. The van der Waals surface area contributed by atoms with Crippen LogP contribution in [0.5, 0.6) is 0 Å². The molecule has 19 nitrogen and oxygen atoms in total. The smallest absolute Gasteiger partial charge is 0.326 e. The van der Waals surface area contributed by atoms with Crippen LogP contribution in [0.4, 0.5) is 0 Å². The Morgan fingerprint density at radius 1 is 0.831 bits per heavy atom. The van der Waals surface area contributed by atoms with Crippen LogP contribution >= 0.6 is 0 Å². The predicted molar refractivity (Wildman–Crippen MR) is 217 cm³/mol. The second kappa shape index (κ2) is 23.1. The Balaban J connectivity index is 0.00000222. The zero-order chi connectivity index (χ0) is 43.8. The summed E-state index contributed by atoms with van der Waals surface area (Å²) in [5.74, 6) is -5.74. The number of hydrogen-bond acceptors (Lipinski definition) is 10. The number of rotatable bonds is 20. The molecule has 3 heterocycles. The van der Waals surface area contributed by atoms with E-state index >= 15 is 0 Å². The molecule has 0 saturated carbocycles. The van der Waals surface area contributed by atoms with Gasteiger partial charge >= 0.3 is 5.97 Å². The Bertz CT molecular complexity index is 1800. The van der Waals surface area contributed by atoms with E-state index < -0.39 is 77.7 Å². The van der Waals surface area contributed by atoms with E-state index in [2.05, 4.69) is 20.9 Å². The Labute approximate surface area is 343 Å². The molecule has 2 fully saturated rings. The molecule has 326 valence electrons. The second-order valence-electron chi connectivity index (χ2n) is 15.5. The minimum Gasteiger partial charge on any atom is -0.481 e. The van der Waals surface area contributed by atoms with Gasteiger partial charge in [0.2, 0.25) is 35.4 Å². The minimum absolute atomic E-state index is 0.0460. The van der Waals surface area contributed by atoms with Gasteiger partial charge in [0.25, 0.3) is 5.97 Å². The van der Waals surface area contributed by atoms with Crippen molar-refractivity contribution >= 4 is 58.3 Å². The molecule has 0 bridgehead atoms. The summed E-state index contributed by atoms with van der Waals surface area (Å²) in [6, 6.07) is 1.09. The highest BCUT2D eigenvalue weighted by molar-refractivity contribution is 5.97. The molecule has 0 spiro atoms. The topological polar surface area (TPSA) is 313 Å². The maximum absolute atomic E-state index is 14.1. The van der Waals surface area contributed by atoms with Gasteiger partial charge in [0.15, 0.2) is 0 Å². The summed E-state index contributed by atoms with van der Waals surface area (Å²) in [7, 11) is 0. The maximum atomic E-state index is 14.1. The van der Waals surface area contributed by atoms with Crippen molar-refractivity contribution in [2.24, 2.45) is 23.1 Å². The predicted octanol–water partition coefficient (Wildman–Crippen LogP) is 0.0902. The summed E-state index contributed by atoms with van der Waals surface area (Å²) in [6.45, 7) is 5.79. The number of primary amides is 1. The number of aromatic nitrogens is 1. The lowest BCUT2D eigenvalue weighted by molar-refractivity contribution is -0.149. The molecule has 2 aliphatic rings. The van der Waals surface area contributed by atoms with Crippen LogP contribution in [0.1, 0.15) is 90.5 Å². The molecule has 1 aromatic heterocycles. The van der Waals surface area contributed by atoms with E-state index in [1.54, 1.807) is 6.20 Å². The number of likely N-dealkylation sites (tertiary alicyclic amines) is 2. The first-order valence-corrected chi connectivity index (χ1v) is 20.2. The molecule has 0 aliphatic carbocycles. The quantitative estimate of drug-likeness (QED) is 0.0803. The number of para-hydroxylation sites is 1. The first-order valence-electron chi connectivity index (χ1n) is 20.2. The summed E-state index contributed by atoms with van der Waals surface area (Å²) in [5.41, 5.74) is 18.7. The number of H-pyrrole nitrogens is 1. The van der Waals surface area contributed by atoms with Crippen LogP contribution in [0.15, 0.2) is 30.5 Å². The van der Waals surface area contributed by atoms with Gasteiger partial charge in [-0.25, -0.2) is 4.79 Å². The lowest BCUT2D eigenvalue weighted by Crippen LogP contribution is -2.59. The first-order chi connectivity index (χ1) is 27.9. The van der Waals surface area contributed by atoms with Gasteiger partial charge in [0, 0.05) is 50.0 Å². The number of unbranched alkanes of at least 4 members (excludes halogenated alkanes) is 1. The number of benzene rings is 1. The number of fused-ring (bicyclic) bond motifs is 1. The average molecular weight is 828 g/mol. The van der Waals surface area contributed by atoms with Crippen LogP contribution < -0.4 is 33.2 Å². The van der Waals surface area contributed by atoms with Crippen LogP contribution in [-0.2, 0) is 44.8 Å². The van der Waals surface area contributed by atoms with Gasteiger partial charge in [-0.15, -0.1) is 0 Å². The van der Waals surface area contributed by atoms with E-state index in [0.717, 1.165) is 23.4 Å². The summed E-state index contributed by atoms with van der Waals surface area (Å²) in [4.78, 5) is 108. The van der Waals surface area contributed by atoms with Crippen LogP contribution in [0, 0.1) is 5.92 Å². The third-order valence-electron chi connectivity index (χ3n) is 10.3. The van der Waals surface area contributed by atoms with E-state index in [1.807, 2.05) is 38.1 Å². The fourth-order valence-electron chi connectivity index (χ4n) is 7.43. The highest BCUT2D eigenvalue weighted by Gasteiger charge is 2.40. The molecule has 1 aromatic carbocycles. The normalized spacial score (nSPS) is 18.3. The van der Waals surface area contributed by atoms with Crippen molar-refractivity contribution in [3.8, 4) is 0 Å². The molecule has 2 saturated heterocycles. The van der Waals surface area contributed by atoms with Crippen LogP contribution in [0.3, 0.4) is 0 Å². The lowest BCUT2D eigenvalue weighted by atomic mass is 9.99. The molecule has 12 N–H and O–H groups in total. The fourth-order valence-corrected chi connectivity index (χ4v) is 7.43. The van der Waals surface area contributed by atoms with Crippen molar-refractivity contribution in [3.05, 3.63) is 36.0 Å². The lowest BCUT2D eigenvalue weighted by Gasteiger charge is -2.30. The Hall–Kier alpha value is -5.56. The molecule has 2 aromatic rings. The third kappa shape index (κ3) is 14.3. The van der Waals surface area contributed by atoms with Crippen molar-refractivity contribution in [2.75, 3.05) is 19.6 Å². The first kappa shape index (κ1) is 47.8. The van der Waals surface area contributed by atoms with Crippen LogP contribution in [0.25, 0.3) is 10.9 Å². The number of carbonyl (C=O) groups is 8. The van der Waals surface area contributed by atoms with Crippen molar-refractivity contribution in [1.82, 2.24) is 30.7 Å². The molecular weight excluding hydrogens is 766 g/mol. The number of hydrogen-bond donors (Lipinski definition) is 9. The van der Waals surface area contributed by atoms with Gasteiger partial charge in [0.1, 0.15) is 30.2 Å². The number of carboxylic acids is 2. The number of nitrogens with two attached hydrogens (primary N) is 3. The van der Waals surface area contributed by atoms with Crippen molar-refractivity contribution in [3.63, 3.8) is 0 Å². The Kier molecular flexibility index (Phi) is 18.8. The molecule has 0 radical (unpaired) electrons. The van der Waals surface area contributed by atoms with E-state index in [4.69, 9.17) is 27.1 Å². The zero-order valence-electron chi connectivity index (χ0n) is 34.1. The van der Waals surface area contributed by atoms with E-state index in [0.29, 0.717) is 51.6 Å². The summed E-state index contributed by atoms with van der Waals surface area (Å²) < 4.78 is 0. The van der Waals surface area contributed by atoms with Crippen LogP contribution in [-0.4, -0.2) is 128 Å². The van der Waals surface area contributed by atoms with Gasteiger partial charge in [-0.2, -0.15) is 0 Å². The molecule has 6 amide bonds. The number of carbonyl (C=O) groups excluding carboxylic acids is 6. The van der Waals surface area contributed by atoms with Gasteiger partial charge in [-0.3, -0.25) is 33.6 Å². The highest BCUT2D eigenvalue weighted by atomic mass is 16.4. The average Bonchev–Trinajstić information content (AvgIpc) is 3.96. The third-order valence-corrected chi connectivity index (χ3v) is 10.3. The number of aliphatic carboxylic acids is 2. The van der Waals surface area contributed by atoms with E-state index in [1.165, 1.54) is 9.80 Å². The molecule has 2 aliphatic heterocycles. The number of nitrogens with zero attached hydrogens (tertiary/aromatic N) is 2. The van der Waals surface area contributed by atoms with E-state index in [-0.39, 0.29) is 50.5 Å². The maximum Gasteiger partial charge on any atom is 0.326 e. The molecule has 19 heteroatoms. The number of carboxylic acid groups (broad SMARTS) is 2. The van der Waals surface area contributed by atoms with Crippen molar-refractivity contribution in [2.45, 2.75) is 128 Å². The Morgan fingerprint density at radius 3 is 2.03 bits per heavy atom. The SMILES string of the molecule is CC(=O)O.CC(C)C[C@H](NC(=O)[C@H](CCC(N)=O)NC(=O)[C@@H]1CCCN1C(=O)[C@@H](N)CCCCN)C(=O)N[C@@H](Cc1c[nH]c2ccccc12)C(=O)N1CCC[C@H]1C(=O)O. The molecule has 59 heavy (non-hydrogen) atoms. The van der Waals surface area contributed by atoms with E-state index in [9.17, 15) is 38.7 Å². The highest BCUT2D eigenvalue weighted by Crippen LogP contribution is 2.24. The van der Waals surface area contributed by atoms with Gasteiger partial charge in [-0.05, 0) is 75.5 Å². The summed E-state index contributed by atoms with van der Waals surface area (Å²) in [5, 5.41) is 26.3. The molecule has 6 atom stereocenters. The summed E-state index contributed by atoms with van der Waals surface area (Å²) in [6.07, 6.45) is 4.98. The molecule has 0 unspecified atom stereocenters. The van der Waals surface area contributed by atoms with Gasteiger partial charge in [0.05, 0.1) is 6.04 Å². The fraction of sp³-hybridized carbons (Fsp3) is 0.600. The summed E-state index contributed by atoms with van der Waals surface area (Å²) >= 11 is 0. The number of nitrogens with one attached hydrogen (secondary N) is 4. The van der Waals surface area contributed by atoms with Crippen molar-refractivity contribution in [1.29, 1.82) is 0 Å². The van der Waals surface area contributed by atoms with Crippen LogP contribution in [0.2, 0.25) is 0 Å². The van der Waals surface area contributed by atoms with Gasteiger partial charge < -0.3 is 58.1 Å². The molecular formula is C40H61N9O10. The van der Waals surface area contributed by atoms with Crippen molar-refractivity contribution < 1.29 is 48.6 Å². The van der Waals surface area contributed by atoms with Gasteiger partial charge in [-0.1, -0.05) is 38.5 Å².